The van der Waals surface area contributed by atoms with Crippen LogP contribution in [0.2, 0.25) is 10.2 Å². The predicted octanol–water partition coefficient (Wildman–Crippen LogP) is 2.43. The van der Waals surface area contributed by atoms with Crippen molar-refractivity contribution in [2.45, 2.75) is 6.61 Å². The average Bonchev–Trinajstić information content (AvgIpc) is 2.78. The highest BCUT2D eigenvalue weighted by molar-refractivity contribution is 6.31. The first-order valence-corrected chi connectivity index (χ1v) is 6.08. The summed E-state index contributed by atoms with van der Waals surface area (Å²) >= 11 is 11.9. The van der Waals surface area contributed by atoms with E-state index in [1.54, 1.807) is 24.3 Å². The van der Waals surface area contributed by atoms with Gasteiger partial charge in [0.25, 0.3) is 0 Å². The molecule has 0 aliphatic heterocycles. The standard InChI is InChI=1S/C11H10Cl2N4O2/c1-14-11(18)19-6-9-10(13)17(16-15-9)8-4-2-7(12)3-5-8/h2-5H,6H2,1H3,(H,14,18). The second-order valence-electron chi connectivity index (χ2n) is 3.54. The summed E-state index contributed by atoms with van der Waals surface area (Å²) in [6.45, 7) is -0.0495. The van der Waals surface area contributed by atoms with Crippen molar-refractivity contribution in [2.24, 2.45) is 0 Å². The summed E-state index contributed by atoms with van der Waals surface area (Å²) in [6, 6.07) is 6.95. The molecule has 0 radical (unpaired) electrons. The van der Waals surface area contributed by atoms with Crippen molar-refractivity contribution < 1.29 is 9.53 Å². The first-order chi connectivity index (χ1) is 9.11. The lowest BCUT2D eigenvalue weighted by molar-refractivity contribution is 0.140. The molecule has 0 aliphatic carbocycles. The Labute approximate surface area is 119 Å². The van der Waals surface area contributed by atoms with Gasteiger partial charge in [-0.25, -0.2) is 9.48 Å². The molecule has 0 fully saturated rings. The Morgan fingerprint density at radius 3 is 2.68 bits per heavy atom. The molecule has 0 aliphatic rings. The molecule has 1 amide bonds. The fraction of sp³-hybridized carbons (Fsp3) is 0.182. The molecule has 2 aromatic rings. The summed E-state index contributed by atoms with van der Waals surface area (Å²) in [5.74, 6) is 0. The second kappa shape index (κ2) is 5.90. The van der Waals surface area contributed by atoms with Crippen LogP contribution in [0, 0.1) is 0 Å². The van der Waals surface area contributed by atoms with E-state index in [2.05, 4.69) is 15.6 Å². The molecule has 1 aromatic carbocycles. The van der Waals surface area contributed by atoms with Gasteiger partial charge in [-0.1, -0.05) is 28.4 Å². The molecule has 0 atom stereocenters. The molecule has 1 aromatic heterocycles. The fourth-order valence-electron chi connectivity index (χ4n) is 1.34. The first-order valence-electron chi connectivity index (χ1n) is 5.32. The van der Waals surface area contributed by atoms with Crippen LogP contribution < -0.4 is 5.32 Å². The van der Waals surface area contributed by atoms with E-state index < -0.39 is 6.09 Å². The van der Waals surface area contributed by atoms with Gasteiger partial charge in [-0.3, -0.25) is 0 Å². The molecule has 19 heavy (non-hydrogen) atoms. The summed E-state index contributed by atoms with van der Waals surface area (Å²) < 4.78 is 6.29. The molecular formula is C11H10Cl2N4O2. The van der Waals surface area contributed by atoms with Gasteiger partial charge in [0.05, 0.1) is 5.69 Å². The number of carbonyl (C=O) groups is 1. The molecule has 2 rings (SSSR count). The predicted molar refractivity (Wildman–Crippen MR) is 70.6 cm³/mol. The van der Waals surface area contributed by atoms with Crippen molar-refractivity contribution in [3.63, 3.8) is 0 Å². The smallest absolute Gasteiger partial charge is 0.407 e. The molecule has 0 unspecified atom stereocenters. The molecule has 1 N–H and O–H groups in total. The second-order valence-corrected chi connectivity index (χ2v) is 4.34. The Morgan fingerprint density at radius 1 is 1.37 bits per heavy atom. The number of nitrogens with zero attached hydrogens (tertiary/aromatic N) is 3. The van der Waals surface area contributed by atoms with Gasteiger partial charge in [-0.05, 0) is 24.3 Å². The van der Waals surface area contributed by atoms with Crippen LogP contribution in [0.5, 0.6) is 0 Å². The van der Waals surface area contributed by atoms with Crippen LogP contribution in [0.1, 0.15) is 5.69 Å². The van der Waals surface area contributed by atoms with Crippen molar-refractivity contribution >= 4 is 29.3 Å². The van der Waals surface area contributed by atoms with Crippen LogP contribution in [-0.2, 0) is 11.3 Å². The molecular weight excluding hydrogens is 291 g/mol. The Kier molecular flexibility index (Phi) is 4.24. The van der Waals surface area contributed by atoms with E-state index in [1.807, 2.05) is 0 Å². The lowest BCUT2D eigenvalue weighted by Gasteiger charge is -2.03. The molecule has 0 saturated heterocycles. The fourth-order valence-corrected chi connectivity index (χ4v) is 1.69. The van der Waals surface area contributed by atoms with Crippen LogP contribution >= 0.6 is 23.2 Å². The minimum Gasteiger partial charge on any atom is -0.443 e. The average molecular weight is 301 g/mol. The number of benzene rings is 1. The summed E-state index contributed by atoms with van der Waals surface area (Å²) in [4.78, 5) is 11.0. The highest BCUT2D eigenvalue weighted by Crippen LogP contribution is 2.20. The maximum atomic E-state index is 11.0. The number of hydrogen-bond acceptors (Lipinski definition) is 4. The van der Waals surface area contributed by atoms with Crippen LogP contribution in [-0.4, -0.2) is 28.1 Å². The van der Waals surface area contributed by atoms with Gasteiger partial charge in [-0.2, -0.15) is 0 Å². The van der Waals surface area contributed by atoms with E-state index >= 15 is 0 Å². The molecule has 1 heterocycles. The van der Waals surface area contributed by atoms with Crippen molar-refractivity contribution in [3.05, 3.63) is 40.1 Å². The summed E-state index contributed by atoms with van der Waals surface area (Å²) in [5.41, 5.74) is 1.09. The lowest BCUT2D eigenvalue weighted by atomic mass is 10.3. The van der Waals surface area contributed by atoms with Crippen LogP contribution in [0.3, 0.4) is 0 Å². The van der Waals surface area contributed by atoms with Gasteiger partial charge < -0.3 is 10.1 Å². The van der Waals surface area contributed by atoms with Gasteiger partial charge in [0, 0.05) is 12.1 Å². The lowest BCUT2D eigenvalue weighted by Crippen LogP contribution is -2.19. The molecule has 8 heteroatoms. The van der Waals surface area contributed by atoms with E-state index in [9.17, 15) is 4.79 Å². The number of amides is 1. The highest BCUT2D eigenvalue weighted by Gasteiger charge is 2.13. The minimum absolute atomic E-state index is 0.0495. The Bertz CT molecular complexity index is 583. The monoisotopic (exact) mass is 300 g/mol. The molecule has 0 bridgehead atoms. The Morgan fingerprint density at radius 2 is 2.05 bits per heavy atom. The van der Waals surface area contributed by atoms with Gasteiger partial charge in [0.2, 0.25) is 0 Å². The Balaban J connectivity index is 2.18. The van der Waals surface area contributed by atoms with Crippen LogP contribution in [0.15, 0.2) is 24.3 Å². The quantitative estimate of drug-likeness (QED) is 0.945. The number of alkyl carbamates (subject to hydrolysis) is 1. The number of carbonyl (C=O) groups excluding carboxylic acids is 1. The molecule has 6 nitrogen and oxygen atoms in total. The third-order valence-electron chi connectivity index (χ3n) is 2.29. The van der Waals surface area contributed by atoms with Crippen molar-refractivity contribution in [3.8, 4) is 5.69 Å². The van der Waals surface area contributed by atoms with Crippen molar-refractivity contribution in [2.75, 3.05) is 7.05 Å². The summed E-state index contributed by atoms with van der Waals surface area (Å²) in [6.07, 6.45) is -0.558. The number of aromatic nitrogens is 3. The van der Waals surface area contributed by atoms with E-state index in [1.165, 1.54) is 11.7 Å². The highest BCUT2D eigenvalue weighted by atomic mass is 35.5. The normalized spacial score (nSPS) is 10.3. The van der Waals surface area contributed by atoms with Gasteiger partial charge in [0.1, 0.15) is 12.3 Å². The number of ether oxygens (including phenoxy) is 1. The largest absolute Gasteiger partial charge is 0.443 e. The number of hydrogen-bond donors (Lipinski definition) is 1. The van der Waals surface area contributed by atoms with Crippen LogP contribution in [0.25, 0.3) is 5.69 Å². The molecule has 0 saturated carbocycles. The van der Waals surface area contributed by atoms with Crippen molar-refractivity contribution in [1.82, 2.24) is 20.3 Å². The summed E-state index contributed by atoms with van der Waals surface area (Å²) in [7, 11) is 1.47. The number of halogens is 2. The maximum absolute atomic E-state index is 11.0. The summed E-state index contributed by atoms with van der Waals surface area (Å²) in [5, 5.41) is 11.0. The minimum atomic E-state index is -0.558. The van der Waals surface area contributed by atoms with E-state index in [-0.39, 0.29) is 11.8 Å². The third-order valence-corrected chi connectivity index (χ3v) is 2.92. The zero-order valence-electron chi connectivity index (χ0n) is 9.93. The van der Waals surface area contributed by atoms with E-state index in [0.717, 1.165) is 0 Å². The van der Waals surface area contributed by atoms with Gasteiger partial charge in [-0.15, -0.1) is 5.10 Å². The maximum Gasteiger partial charge on any atom is 0.407 e. The zero-order valence-corrected chi connectivity index (χ0v) is 11.4. The third kappa shape index (κ3) is 3.15. The topological polar surface area (TPSA) is 69.0 Å². The van der Waals surface area contributed by atoms with Gasteiger partial charge >= 0.3 is 6.09 Å². The molecule has 0 spiro atoms. The Hall–Kier alpha value is -1.79. The number of rotatable bonds is 3. The zero-order chi connectivity index (χ0) is 13.8. The van der Waals surface area contributed by atoms with Crippen molar-refractivity contribution in [1.29, 1.82) is 0 Å². The van der Waals surface area contributed by atoms with E-state index in [4.69, 9.17) is 27.9 Å². The van der Waals surface area contributed by atoms with Crippen LogP contribution in [0.4, 0.5) is 4.79 Å². The number of nitrogens with one attached hydrogen (secondary N) is 1. The molecule has 100 valence electrons. The van der Waals surface area contributed by atoms with Gasteiger partial charge in [0.15, 0.2) is 5.15 Å². The SMILES string of the molecule is CNC(=O)OCc1nnn(-c2ccc(Cl)cc2)c1Cl. The van der Waals surface area contributed by atoms with E-state index in [0.29, 0.717) is 16.4 Å². The first kappa shape index (κ1) is 13.6.